The molecule has 1 unspecified atom stereocenters. The van der Waals surface area contributed by atoms with Crippen molar-refractivity contribution < 1.29 is 31.8 Å². The predicted molar refractivity (Wildman–Crippen MR) is 117 cm³/mol. The van der Waals surface area contributed by atoms with Crippen LogP contribution in [0.2, 0.25) is 0 Å². The van der Waals surface area contributed by atoms with Gasteiger partial charge in [0.05, 0.1) is 35.0 Å². The van der Waals surface area contributed by atoms with E-state index in [4.69, 9.17) is 13.7 Å². The minimum Gasteiger partial charge on any atom is -0.382 e. The van der Waals surface area contributed by atoms with Crippen molar-refractivity contribution in [2.24, 2.45) is 0 Å². The topological polar surface area (TPSA) is 138 Å². The molecule has 1 fully saturated rings. The van der Waals surface area contributed by atoms with Gasteiger partial charge in [-0.3, -0.25) is 14.9 Å². The fourth-order valence-corrected chi connectivity index (χ4v) is 5.44. The second-order valence-electron chi connectivity index (χ2n) is 7.93. The Labute approximate surface area is 194 Å². The molecule has 178 valence electrons. The van der Waals surface area contributed by atoms with Crippen LogP contribution in [0.5, 0.6) is 5.75 Å². The summed E-state index contributed by atoms with van der Waals surface area (Å²) >= 11 is 1.48. The van der Waals surface area contributed by atoms with Crippen LogP contribution in [0.4, 0.5) is 5.69 Å². The van der Waals surface area contributed by atoms with Crippen LogP contribution in [0.3, 0.4) is 0 Å². The number of fused-ring (bicyclic) bond motifs is 1. The molecule has 1 atom stereocenters. The Kier molecular flexibility index (Phi) is 6.66. The molecule has 0 aliphatic carbocycles. The molecule has 0 saturated carbocycles. The van der Waals surface area contributed by atoms with Gasteiger partial charge in [0.15, 0.2) is 0 Å². The Morgan fingerprint density at radius 1 is 1.24 bits per heavy atom. The van der Waals surface area contributed by atoms with Gasteiger partial charge in [-0.2, -0.15) is 8.42 Å². The summed E-state index contributed by atoms with van der Waals surface area (Å²) in [4.78, 5) is 29.0. The summed E-state index contributed by atoms with van der Waals surface area (Å²) in [5, 5.41) is 14.2. The lowest BCUT2D eigenvalue weighted by molar-refractivity contribution is -0.386. The fourth-order valence-electron chi connectivity index (χ4n) is 3.97. The number of carbonyl (C=O) groups is 1. The lowest BCUT2D eigenvalue weighted by atomic mass is 9.97. The van der Waals surface area contributed by atoms with E-state index < -0.39 is 21.3 Å². The maximum Gasteiger partial charge on any atom is 0.306 e. The Morgan fingerprint density at radius 2 is 1.91 bits per heavy atom. The molecule has 13 heteroatoms. The van der Waals surface area contributed by atoms with E-state index in [0.29, 0.717) is 18.8 Å². The molecular formula is C20H23N3O8S2. The van der Waals surface area contributed by atoms with Crippen LogP contribution in [-0.4, -0.2) is 48.5 Å². The van der Waals surface area contributed by atoms with Crippen molar-refractivity contribution >= 4 is 33.0 Å². The molecule has 0 N–H and O–H groups in total. The number of rotatable bonds is 5. The van der Waals surface area contributed by atoms with E-state index in [2.05, 4.69) is 4.98 Å². The van der Waals surface area contributed by atoms with Crippen molar-refractivity contribution in [3.05, 3.63) is 49.5 Å². The molecule has 4 rings (SSSR count). The fraction of sp³-hybridized carbons (Fsp3) is 0.500. The Bertz CT molecular complexity index is 1170. The third-order valence-electron chi connectivity index (χ3n) is 5.63. The first kappa shape index (κ1) is 23.5. The van der Waals surface area contributed by atoms with Crippen molar-refractivity contribution in [2.75, 3.05) is 19.3 Å². The van der Waals surface area contributed by atoms with Gasteiger partial charge >= 0.3 is 10.1 Å². The number of nitrogens with zero attached hydrogens (tertiary/aromatic N) is 3. The number of thiazole rings is 1. The number of carbonyl (C=O) groups excluding carboxylic acids is 1. The molecular weight excluding hydrogens is 474 g/mol. The highest BCUT2D eigenvalue weighted by molar-refractivity contribution is 7.86. The zero-order valence-electron chi connectivity index (χ0n) is 18.1. The number of nitro benzene ring substituents is 1. The van der Waals surface area contributed by atoms with Crippen LogP contribution in [-0.2, 0) is 37.6 Å². The first-order chi connectivity index (χ1) is 15.6. The van der Waals surface area contributed by atoms with Crippen molar-refractivity contribution in [3.8, 4) is 5.75 Å². The first-order valence-corrected chi connectivity index (χ1v) is 12.9. The van der Waals surface area contributed by atoms with Gasteiger partial charge in [-0.1, -0.05) is 0 Å². The first-order valence-electron chi connectivity index (χ1n) is 10.2. The van der Waals surface area contributed by atoms with Gasteiger partial charge in [0, 0.05) is 42.9 Å². The summed E-state index contributed by atoms with van der Waals surface area (Å²) in [5.41, 5.74) is 0.802. The number of nitro groups is 1. The summed E-state index contributed by atoms with van der Waals surface area (Å²) in [6, 6.07) is 2.44. The zero-order chi connectivity index (χ0) is 23.8. The molecule has 1 amide bonds. The molecule has 2 aliphatic heterocycles. The molecule has 1 saturated heterocycles. The zero-order valence-corrected chi connectivity index (χ0v) is 19.7. The highest BCUT2D eigenvalue weighted by atomic mass is 32.2. The van der Waals surface area contributed by atoms with Crippen LogP contribution in [0.15, 0.2) is 17.5 Å². The standard InChI is InChI=1S/C20H23N3O8S2/c1-12(24)22-7-5-13(6-8-22)19-21-16(11-32-19)20-29-9-14-15(10-30-20)18(31-33(2,27)28)4-3-17(14)23(25)26/h3-4,11,13,20H,5-10H2,1-2H3. The summed E-state index contributed by atoms with van der Waals surface area (Å²) in [6.45, 7) is 2.63. The maximum absolute atomic E-state index is 11.6. The number of benzene rings is 1. The van der Waals surface area contributed by atoms with Crippen LogP contribution in [0, 0.1) is 10.1 Å². The summed E-state index contributed by atoms with van der Waals surface area (Å²) in [5.74, 6) is 0.276. The van der Waals surface area contributed by atoms with Crippen molar-refractivity contribution in [1.82, 2.24) is 9.88 Å². The van der Waals surface area contributed by atoms with E-state index in [0.717, 1.165) is 24.1 Å². The molecule has 11 nitrogen and oxygen atoms in total. The molecule has 33 heavy (non-hydrogen) atoms. The third kappa shape index (κ3) is 5.32. The number of ether oxygens (including phenoxy) is 2. The van der Waals surface area contributed by atoms with Crippen molar-refractivity contribution in [3.63, 3.8) is 0 Å². The maximum atomic E-state index is 11.6. The number of hydrogen-bond donors (Lipinski definition) is 0. The predicted octanol–water partition coefficient (Wildman–Crippen LogP) is 2.86. The van der Waals surface area contributed by atoms with Crippen molar-refractivity contribution in [2.45, 2.75) is 45.2 Å². The van der Waals surface area contributed by atoms with Crippen LogP contribution in [0.25, 0.3) is 0 Å². The Hall–Kier alpha value is -2.61. The van der Waals surface area contributed by atoms with Crippen molar-refractivity contribution in [1.29, 1.82) is 0 Å². The summed E-state index contributed by atoms with van der Waals surface area (Å²) < 4.78 is 39.9. The smallest absolute Gasteiger partial charge is 0.306 e. The minimum absolute atomic E-state index is 0.0291. The molecule has 0 radical (unpaired) electrons. The molecule has 1 aromatic heterocycles. The molecule has 1 aromatic carbocycles. The second kappa shape index (κ2) is 9.33. The lowest BCUT2D eigenvalue weighted by Crippen LogP contribution is -2.36. The van der Waals surface area contributed by atoms with E-state index in [9.17, 15) is 23.3 Å². The monoisotopic (exact) mass is 497 g/mol. The molecule has 2 aliphatic rings. The average Bonchev–Trinajstić information content (AvgIpc) is 3.13. The van der Waals surface area contributed by atoms with E-state index in [1.807, 2.05) is 10.3 Å². The van der Waals surface area contributed by atoms with E-state index in [1.54, 1.807) is 6.92 Å². The van der Waals surface area contributed by atoms with Gasteiger partial charge in [-0.25, -0.2) is 4.98 Å². The van der Waals surface area contributed by atoms with E-state index >= 15 is 0 Å². The van der Waals surface area contributed by atoms with Crippen LogP contribution < -0.4 is 4.18 Å². The highest BCUT2D eigenvalue weighted by Gasteiger charge is 2.31. The number of piperidine rings is 1. The quantitative estimate of drug-likeness (QED) is 0.347. The van der Waals surface area contributed by atoms with Gasteiger partial charge in [0.1, 0.15) is 11.4 Å². The summed E-state index contributed by atoms with van der Waals surface area (Å²) in [7, 11) is -3.84. The molecule has 0 spiro atoms. The number of hydrogen-bond acceptors (Lipinski definition) is 10. The van der Waals surface area contributed by atoms with Gasteiger partial charge in [-0.15, -0.1) is 11.3 Å². The molecule has 3 heterocycles. The minimum atomic E-state index is -3.84. The van der Waals surface area contributed by atoms with Gasteiger partial charge in [0.2, 0.25) is 12.2 Å². The average molecular weight is 498 g/mol. The second-order valence-corrected chi connectivity index (χ2v) is 10.4. The highest BCUT2D eigenvalue weighted by Crippen LogP contribution is 2.38. The third-order valence-corrected chi connectivity index (χ3v) is 7.14. The molecule has 2 aromatic rings. The van der Waals surface area contributed by atoms with Gasteiger partial charge in [-0.05, 0) is 18.9 Å². The molecule has 0 bridgehead atoms. The van der Waals surface area contributed by atoms with Gasteiger partial charge < -0.3 is 18.6 Å². The lowest BCUT2D eigenvalue weighted by Gasteiger charge is -2.30. The van der Waals surface area contributed by atoms with E-state index in [-0.39, 0.29) is 47.6 Å². The normalized spacial score (nSPS) is 19.6. The summed E-state index contributed by atoms with van der Waals surface area (Å²) in [6.07, 6.45) is 1.67. The van der Waals surface area contributed by atoms with Crippen LogP contribution >= 0.6 is 11.3 Å². The Balaban J connectivity index is 1.53. The Morgan fingerprint density at radius 3 is 2.52 bits per heavy atom. The SMILES string of the molecule is CC(=O)N1CCC(c2nc(C3OCc4c(OS(C)(=O)=O)ccc([N+](=O)[O-])c4CO3)cs2)CC1. The van der Waals surface area contributed by atoms with Crippen LogP contribution in [0.1, 0.15) is 53.8 Å². The van der Waals surface area contributed by atoms with Gasteiger partial charge in [0.25, 0.3) is 5.69 Å². The number of aromatic nitrogens is 1. The number of likely N-dealkylation sites (tertiary alicyclic amines) is 1. The van der Waals surface area contributed by atoms with E-state index in [1.165, 1.54) is 23.5 Å². The largest absolute Gasteiger partial charge is 0.382 e. The number of amides is 1.